The van der Waals surface area contributed by atoms with Crippen molar-refractivity contribution in [3.05, 3.63) is 0 Å². The zero-order valence-electron chi connectivity index (χ0n) is 10.7. The summed E-state index contributed by atoms with van der Waals surface area (Å²) in [6.45, 7) is 3.55. The Morgan fingerprint density at radius 1 is 1.31 bits per heavy atom. The van der Waals surface area contributed by atoms with Crippen LogP contribution in [0.25, 0.3) is 0 Å². The van der Waals surface area contributed by atoms with Crippen LogP contribution < -0.4 is 5.32 Å². The normalized spacial score (nSPS) is 30.0. The van der Waals surface area contributed by atoms with E-state index in [0.29, 0.717) is 12.1 Å². The molecular weight excluding hydrogens is 200 g/mol. The van der Waals surface area contributed by atoms with Crippen LogP contribution in [0.4, 0.5) is 0 Å². The van der Waals surface area contributed by atoms with E-state index in [2.05, 4.69) is 17.3 Å². The smallest absolute Gasteiger partial charge is 0.0710 e. The number of hydrogen-bond acceptors (Lipinski definition) is 3. The maximum Gasteiger partial charge on any atom is 0.0710 e. The second-order valence-corrected chi connectivity index (χ2v) is 5.35. The maximum absolute atomic E-state index is 5.42. The van der Waals surface area contributed by atoms with Crippen LogP contribution in [0.1, 0.15) is 32.1 Å². The van der Waals surface area contributed by atoms with E-state index >= 15 is 0 Å². The molecule has 0 spiro atoms. The van der Waals surface area contributed by atoms with Gasteiger partial charge in [-0.2, -0.15) is 0 Å². The molecule has 0 aromatic heterocycles. The van der Waals surface area contributed by atoms with Gasteiger partial charge in [-0.3, -0.25) is 4.90 Å². The highest BCUT2D eigenvalue weighted by Crippen LogP contribution is 2.28. The Balaban J connectivity index is 1.78. The molecule has 0 aromatic carbocycles. The second kappa shape index (κ2) is 5.99. The highest BCUT2D eigenvalue weighted by Gasteiger charge is 2.28. The number of hydrogen-bond donors (Lipinski definition) is 1. The van der Waals surface area contributed by atoms with Crippen molar-refractivity contribution >= 4 is 0 Å². The monoisotopic (exact) mass is 226 g/mol. The Morgan fingerprint density at radius 2 is 2.06 bits per heavy atom. The predicted octanol–water partition coefficient (Wildman–Crippen LogP) is 1.49. The third-order valence-electron chi connectivity index (χ3n) is 4.36. The van der Waals surface area contributed by atoms with Gasteiger partial charge in [-0.15, -0.1) is 0 Å². The lowest BCUT2D eigenvalue weighted by Gasteiger charge is -2.28. The van der Waals surface area contributed by atoms with E-state index in [9.17, 15) is 0 Å². The van der Waals surface area contributed by atoms with Crippen molar-refractivity contribution in [2.75, 3.05) is 33.8 Å². The number of likely N-dealkylation sites (N-methyl/N-ethyl adjacent to an activating group) is 1. The molecular formula is C13H26N2O. The minimum absolute atomic E-state index is 0.473. The number of ether oxygens (including phenoxy) is 1. The summed E-state index contributed by atoms with van der Waals surface area (Å²) in [5, 5.41) is 3.52. The third kappa shape index (κ3) is 2.96. The Bertz CT molecular complexity index is 204. The average molecular weight is 226 g/mol. The Labute approximate surface area is 99.5 Å². The first-order chi connectivity index (χ1) is 7.83. The summed E-state index contributed by atoms with van der Waals surface area (Å²) in [5.74, 6) is 0.909. The average Bonchev–Trinajstić information content (AvgIpc) is 2.96. The Kier molecular flexibility index (Phi) is 4.62. The lowest BCUT2D eigenvalue weighted by atomic mass is 9.98. The fourth-order valence-corrected chi connectivity index (χ4v) is 3.27. The van der Waals surface area contributed by atoms with Gasteiger partial charge in [0.25, 0.3) is 0 Å². The molecule has 0 bridgehead atoms. The fraction of sp³-hybridized carbons (Fsp3) is 1.00. The van der Waals surface area contributed by atoms with E-state index in [1.54, 1.807) is 0 Å². The first-order valence-corrected chi connectivity index (χ1v) is 6.76. The maximum atomic E-state index is 5.42. The molecule has 0 radical (unpaired) electrons. The first-order valence-electron chi connectivity index (χ1n) is 6.76. The van der Waals surface area contributed by atoms with Crippen LogP contribution in [-0.2, 0) is 4.74 Å². The number of methoxy groups -OCH3 is 1. The lowest BCUT2D eigenvalue weighted by molar-refractivity contribution is 0.105. The summed E-state index contributed by atoms with van der Waals surface area (Å²) in [6.07, 6.45) is 7.39. The van der Waals surface area contributed by atoms with Gasteiger partial charge in [0.1, 0.15) is 0 Å². The van der Waals surface area contributed by atoms with Crippen LogP contribution in [0, 0.1) is 5.92 Å². The summed E-state index contributed by atoms with van der Waals surface area (Å²) in [7, 11) is 3.95. The van der Waals surface area contributed by atoms with E-state index in [4.69, 9.17) is 4.74 Å². The van der Waals surface area contributed by atoms with E-state index in [0.717, 1.165) is 12.5 Å². The molecule has 1 heterocycles. The largest absolute Gasteiger partial charge is 0.380 e. The van der Waals surface area contributed by atoms with Gasteiger partial charge < -0.3 is 10.1 Å². The number of nitrogens with zero attached hydrogens (tertiary/aromatic N) is 1. The SMILES string of the molecule is CNC(CN1CCC(OC)C1)C1CCCC1. The number of nitrogens with one attached hydrogen (secondary N) is 1. The van der Waals surface area contributed by atoms with E-state index in [-0.39, 0.29) is 0 Å². The molecule has 1 aliphatic heterocycles. The minimum Gasteiger partial charge on any atom is -0.380 e. The highest BCUT2D eigenvalue weighted by molar-refractivity contribution is 4.85. The molecule has 3 heteroatoms. The quantitative estimate of drug-likeness (QED) is 0.768. The van der Waals surface area contributed by atoms with Crippen LogP contribution in [0.15, 0.2) is 0 Å². The Hall–Kier alpha value is -0.120. The van der Waals surface area contributed by atoms with Gasteiger partial charge in [0, 0.05) is 32.8 Å². The van der Waals surface area contributed by atoms with Crippen LogP contribution in [-0.4, -0.2) is 50.8 Å². The van der Waals surface area contributed by atoms with Gasteiger partial charge in [-0.1, -0.05) is 12.8 Å². The summed E-state index contributed by atoms with van der Waals surface area (Å²) in [4.78, 5) is 2.56. The molecule has 3 nitrogen and oxygen atoms in total. The third-order valence-corrected chi connectivity index (χ3v) is 4.36. The number of likely N-dealkylation sites (tertiary alicyclic amines) is 1. The fourth-order valence-electron chi connectivity index (χ4n) is 3.27. The molecule has 1 saturated carbocycles. The molecule has 2 aliphatic rings. The standard InChI is InChI=1S/C13H26N2O/c1-14-13(11-5-3-4-6-11)10-15-8-7-12(9-15)16-2/h11-14H,3-10H2,1-2H3. The van der Waals surface area contributed by atoms with Crippen molar-refractivity contribution in [3.8, 4) is 0 Å². The first kappa shape index (κ1) is 12.3. The molecule has 2 rings (SSSR count). The van der Waals surface area contributed by atoms with Crippen molar-refractivity contribution in [1.29, 1.82) is 0 Å². The molecule has 2 fully saturated rings. The van der Waals surface area contributed by atoms with E-state index in [1.807, 2.05) is 7.11 Å². The lowest BCUT2D eigenvalue weighted by Crippen LogP contribution is -2.43. The van der Waals surface area contributed by atoms with Crippen molar-refractivity contribution in [1.82, 2.24) is 10.2 Å². The molecule has 16 heavy (non-hydrogen) atoms. The topological polar surface area (TPSA) is 24.5 Å². The zero-order chi connectivity index (χ0) is 11.4. The van der Waals surface area contributed by atoms with Crippen molar-refractivity contribution in [2.24, 2.45) is 5.92 Å². The molecule has 2 unspecified atom stereocenters. The van der Waals surface area contributed by atoms with Gasteiger partial charge in [-0.05, 0) is 32.2 Å². The van der Waals surface area contributed by atoms with Gasteiger partial charge >= 0.3 is 0 Å². The second-order valence-electron chi connectivity index (χ2n) is 5.35. The van der Waals surface area contributed by atoms with Crippen molar-refractivity contribution < 1.29 is 4.74 Å². The van der Waals surface area contributed by atoms with E-state index < -0.39 is 0 Å². The predicted molar refractivity (Wildman–Crippen MR) is 66.7 cm³/mol. The van der Waals surface area contributed by atoms with Crippen LogP contribution >= 0.6 is 0 Å². The van der Waals surface area contributed by atoms with E-state index in [1.165, 1.54) is 45.2 Å². The Morgan fingerprint density at radius 3 is 2.62 bits per heavy atom. The van der Waals surface area contributed by atoms with Gasteiger partial charge in [0.2, 0.25) is 0 Å². The van der Waals surface area contributed by atoms with Crippen molar-refractivity contribution in [2.45, 2.75) is 44.2 Å². The van der Waals surface area contributed by atoms with Crippen LogP contribution in [0.5, 0.6) is 0 Å². The summed E-state index contributed by atoms with van der Waals surface area (Å²) in [6, 6.07) is 0.693. The minimum atomic E-state index is 0.473. The van der Waals surface area contributed by atoms with Crippen molar-refractivity contribution in [3.63, 3.8) is 0 Å². The van der Waals surface area contributed by atoms with Gasteiger partial charge in [0.15, 0.2) is 0 Å². The molecule has 1 saturated heterocycles. The molecule has 1 N–H and O–H groups in total. The molecule has 94 valence electrons. The zero-order valence-corrected chi connectivity index (χ0v) is 10.7. The van der Waals surface area contributed by atoms with Gasteiger partial charge in [0.05, 0.1) is 6.10 Å². The van der Waals surface area contributed by atoms with Gasteiger partial charge in [-0.25, -0.2) is 0 Å². The number of rotatable bonds is 5. The summed E-state index contributed by atoms with van der Waals surface area (Å²) in [5.41, 5.74) is 0. The molecule has 0 aromatic rings. The molecule has 1 aliphatic carbocycles. The summed E-state index contributed by atoms with van der Waals surface area (Å²) < 4.78 is 5.42. The highest BCUT2D eigenvalue weighted by atomic mass is 16.5. The molecule has 2 atom stereocenters. The van der Waals surface area contributed by atoms with Crippen LogP contribution in [0.3, 0.4) is 0 Å². The summed E-state index contributed by atoms with van der Waals surface area (Å²) >= 11 is 0. The molecule has 0 amide bonds. The van der Waals surface area contributed by atoms with Crippen LogP contribution in [0.2, 0.25) is 0 Å².